The van der Waals surface area contributed by atoms with E-state index >= 15 is 0 Å². The van der Waals surface area contributed by atoms with Gasteiger partial charge in [0.2, 0.25) is 5.89 Å². The summed E-state index contributed by atoms with van der Waals surface area (Å²) in [6, 6.07) is 16.8. The molecule has 6 heteroatoms. The average Bonchev–Trinajstić information content (AvgIpc) is 3.21. The Bertz CT molecular complexity index is 1070. The van der Waals surface area contributed by atoms with Gasteiger partial charge in [0.25, 0.3) is 0 Å². The number of aromatic nitrogens is 1. The molecule has 176 valence electrons. The highest BCUT2D eigenvalue weighted by molar-refractivity contribution is 14.1. The second-order valence-corrected chi connectivity index (χ2v) is 16.3. The van der Waals surface area contributed by atoms with Gasteiger partial charge in [0, 0.05) is 22.6 Å². The Morgan fingerprint density at radius 1 is 1.12 bits per heavy atom. The number of nitrogens with zero attached hydrogens (tertiary/aromatic N) is 1. The quantitative estimate of drug-likeness (QED) is 0.214. The first kappa shape index (κ1) is 24.5. The first-order chi connectivity index (χ1) is 15.6. The van der Waals surface area contributed by atoms with E-state index in [4.69, 9.17) is 13.6 Å². The van der Waals surface area contributed by atoms with Crippen molar-refractivity contribution in [3.8, 4) is 5.75 Å². The number of ether oxygens (including phenoxy) is 1. The van der Waals surface area contributed by atoms with Crippen LogP contribution in [0.1, 0.15) is 55.9 Å². The Morgan fingerprint density at radius 2 is 1.88 bits per heavy atom. The van der Waals surface area contributed by atoms with Crippen LogP contribution in [-0.4, -0.2) is 13.3 Å². The number of hydrogen-bond acceptors (Lipinski definition) is 4. The van der Waals surface area contributed by atoms with E-state index in [9.17, 15) is 0 Å². The second-order valence-electron chi connectivity index (χ2n) is 10.5. The predicted molar refractivity (Wildman–Crippen MR) is 143 cm³/mol. The molecule has 0 radical (unpaired) electrons. The number of benzene rings is 2. The Balaban J connectivity index is 1.51. The van der Waals surface area contributed by atoms with Crippen LogP contribution in [0.2, 0.25) is 18.1 Å². The van der Waals surface area contributed by atoms with Crippen molar-refractivity contribution in [1.29, 1.82) is 0 Å². The SMILES string of the molecule is CC(C)(C)[Si](C)(C)OC(c1ncc(I)o1)C1CCc2cc(OCc3ccccc3)ccc2C1. The van der Waals surface area contributed by atoms with Crippen LogP contribution < -0.4 is 4.74 Å². The van der Waals surface area contributed by atoms with Crippen molar-refractivity contribution in [3.05, 3.63) is 81.1 Å². The van der Waals surface area contributed by atoms with Gasteiger partial charge in [0.1, 0.15) is 18.5 Å². The van der Waals surface area contributed by atoms with Crippen molar-refractivity contribution >= 4 is 30.9 Å². The molecule has 1 aromatic heterocycles. The van der Waals surface area contributed by atoms with Gasteiger partial charge >= 0.3 is 0 Å². The van der Waals surface area contributed by atoms with Crippen LogP contribution in [0.5, 0.6) is 5.75 Å². The van der Waals surface area contributed by atoms with E-state index in [-0.39, 0.29) is 11.1 Å². The molecule has 1 aliphatic carbocycles. The maximum absolute atomic E-state index is 6.92. The van der Waals surface area contributed by atoms with Crippen molar-refractivity contribution in [2.45, 2.75) is 70.9 Å². The highest BCUT2D eigenvalue weighted by Gasteiger charge is 2.43. The minimum atomic E-state index is -1.99. The summed E-state index contributed by atoms with van der Waals surface area (Å²) in [5.74, 6) is 2.00. The van der Waals surface area contributed by atoms with Gasteiger partial charge < -0.3 is 13.6 Å². The molecule has 0 bridgehead atoms. The van der Waals surface area contributed by atoms with Gasteiger partial charge in [-0.2, -0.15) is 0 Å². The maximum atomic E-state index is 6.92. The molecular weight excluding hydrogens is 541 g/mol. The van der Waals surface area contributed by atoms with Crippen LogP contribution in [0, 0.1) is 9.68 Å². The van der Waals surface area contributed by atoms with E-state index in [0.717, 1.165) is 34.7 Å². The summed E-state index contributed by atoms with van der Waals surface area (Å²) in [6.45, 7) is 12.0. The number of oxazole rings is 1. The van der Waals surface area contributed by atoms with Crippen LogP contribution in [0.3, 0.4) is 0 Å². The largest absolute Gasteiger partial charge is 0.489 e. The van der Waals surface area contributed by atoms with E-state index < -0.39 is 8.32 Å². The molecule has 0 saturated heterocycles. The third kappa shape index (κ3) is 5.89. The standard InChI is InChI=1S/C27H34INO3Si/c1-27(2,3)33(4,5)32-25(26-29-17-24(28)31-26)22-12-11-21-16-23(14-13-20(21)15-22)30-18-19-9-7-6-8-10-19/h6-10,13-14,16-17,22,25H,11-12,15,18H2,1-5H3. The smallest absolute Gasteiger partial charge is 0.223 e. The van der Waals surface area contributed by atoms with Crippen LogP contribution >= 0.6 is 22.6 Å². The normalized spacial score (nSPS) is 17.5. The van der Waals surface area contributed by atoms with Crippen LogP contribution in [0.25, 0.3) is 0 Å². The molecule has 0 fully saturated rings. The number of halogens is 1. The zero-order valence-electron chi connectivity index (χ0n) is 20.2. The first-order valence-electron chi connectivity index (χ1n) is 11.7. The van der Waals surface area contributed by atoms with E-state index in [0.29, 0.717) is 12.5 Å². The highest BCUT2D eigenvalue weighted by atomic mass is 127. The van der Waals surface area contributed by atoms with Crippen molar-refractivity contribution < 1.29 is 13.6 Å². The van der Waals surface area contributed by atoms with Gasteiger partial charge in [-0.3, -0.25) is 0 Å². The van der Waals surface area contributed by atoms with E-state index in [1.165, 1.54) is 16.7 Å². The molecule has 33 heavy (non-hydrogen) atoms. The summed E-state index contributed by atoms with van der Waals surface area (Å²) >= 11 is 2.19. The summed E-state index contributed by atoms with van der Waals surface area (Å²) in [5, 5.41) is 0.128. The molecular formula is C27H34INO3Si. The summed E-state index contributed by atoms with van der Waals surface area (Å²) in [6.07, 6.45) is 4.71. The Morgan fingerprint density at radius 3 is 2.55 bits per heavy atom. The van der Waals surface area contributed by atoms with Crippen LogP contribution in [-0.2, 0) is 23.9 Å². The lowest BCUT2D eigenvalue weighted by Crippen LogP contribution is -2.43. The van der Waals surface area contributed by atoms with Crippen molar-refractivity contribution in [1.82, 2.24) is 4.98 Å². The predicted octanol–water partition coefficient (Wildman–Crippen LogP) is 7.73. The van der Waals surface area contributed by atoms with Gasteiger partial charge in [0.15, 0.2) is 12.1 Å². The molecule has 0 N–H and O–H groups in total. The molecule has 0 aliphatic heterocycles. The topological polar surface area (TPSA) is 44.5 Å². The summed E-state index contributed by atoms with van der Waals surface area (Å²) in [4.78, 5) is 4.58. The van der Waals surface area contributed by atoms with Gasteiger partial charge in [-0.15, -0.1) is 0 Å². The van der Waals surface area contributed by atoms with Crippen LogP contribution in [0.4, 0.5) is 0 Å². The monoisotopic (exact) mass is 575 g/mol. The number of rotatable bonds is 7. The fourth-order valence-electron chi connectivity index (χ4n) is 4.09. The maximum Gasteiger partial charge on any atom is 0.223 e. The summed E-state index contributed by atoms with van der Waals surface area (Å²) in [7, 11) is -1.99. The Hall–Kier alpha value is -1.64. The summed E-state index contributed by atoms with van der Waals surface area (Å²) < 4.78 is 19.8. The number of hydrogen-bond donors (Lipinski definition) is 0. The first-order valence-corrected chi connectivity index (χ1v) is 15.7. The summed E-state index contributed by atoms with van der Waals surface area (Å²) in [5.41, 5.74) is 3.94. The second kappa shape index (κ2) is 9.92. The molecule has 1 heterocycles. The van der Waals surface area contributed by atoms with E-state index in [1.807, 2.05) is 18.2 Å². The molecule has 2 unspecified atom stereocenters. The van der Waals surface area contributed by atoms with Crippen LogP contribution in [0.15, 0.2) is 59.1 Å². The van der Waals surface area contributed by atoms with E-state index in [2.05, 4.69) is 91.8 Å². The lowest BCUT2D eigenvalue weighted by Gasteiger charge is -2.41. The van der Waals surface area contributed by atoms with Crippen molar-refractivity contribution in [3.63, 3.8) is 0 Å². The zero-order valence-corrected chi connectivity index (χ0v) is 23.4. The number of aryl methyl sites for hydroxylation is 1. The molecule has 4 rings (SSSR count). The fourth-order valence-corrected chi connectivity index (χ4v) is 5.74. The third-order valence-corrected chi connectivity index (χ3v) is 12.0. The molecule has 2 atom stereocenters. The minimum Gasteiger partial charge on any atom is -0.489 e. The van der Waals surface area contributed by atoms with Crippen molar-refractivity contribution in [2.75, 3.05) is 0 Å². The van der Waals surface area contributed by atoms with Gasteiger partial charge in [0.05, 0.1) is 6.20 Å². The molecule has 3 aromatic rings. The zero-order chi connectivity index (χ0) is 23.6. The molecule has 0 saturated carbocycles. The molecule has 0 spiro atoms. The lowest BCUT2D eigenvalue weighted by molar-refractivity contribution is 0.0815. The molecule has 1 aliphatic rings. The van der Waals surface area contributed by atoms with Gasteiger partial charge in [-0.25, -0.2) is 4.98 Å². The highest BCUT2D eigenvalue weighted by Crippen LogP contribution is 2.44. The molecule has 4 nitrogen and oxygen atoms in total. The fraction of sp³-hybridized carbons (Fsp3) is 0.444. The van der Waals surface area contributed by atoms with Gasteiger partial charge in [-0.05, 0) is 72.1 Å². The number of fused-ring (bicyclic) bond motifs is 1. The average molecular weight is 576 g/mol. The molecule has 0 amide bonds. The Labute approximate surface area is 212 Å². The minimum absolute atomic E-state index is 0.114. The lowest BCUT2D eigenvalue weighted by atomic mass is 9.81. The van der Waals surface area contributed by atoms with E-state index in [1.54, 1.807) is 6.20 Å². The third-order valence-electron chi connectivity index (χ3n) is 7.09. The van der Waals surface area contributed by atoms with Crippen molar-refractivity contribution in [2.24, 2.45) is 5.92 Å². The Kier molecular flexibility index (Phi) is 7.36. The van der Waals surface area contributed by atoms with Gasteiger partial charge in [-0.1, -0.05) is 57.2 Å². The molecule has 2 aromatic carbocycles.